The van der Waals surface area contributed by atoms with Gasteiger partial charge in [0, 0.05) is 26.8 Å². The van der Waals surface area contributed by atoms with E-state index in [1.54, 1.807) is 6.07 Å². The van der Waals surface area contributed by atoms with E-state index in [9.17, 15) is 0 Å². The number of halogens is 2. The highest BCUT2D eigenvalue weighted by Gasteiger charge is 2.28. The van der Waals surface area contributed by atoms with Gasteiger partial charge < -0.3 is 10.3 Å². The summed E-state index contributed by atoms with van der Waals surface area (Å²) in [6.45, 7) is 0. The fraction of sp³-hybridized carbons (Fsp3) is 0.188. The molecule has 21 heavy (non-hydrogen) atoms. The van der Waals surface area contributed by atoms with Crippen LogP contribution in [-0.2, 0) is 0 Å². The van der Waals surface area contributed by atoms with Crippen LogP contribution < -0.4 is 5.73 Å². The van der Waals surface area contributed by atoms with Gasteiger partial charge in [-0.2, -0.15) is 0 Å². The molecule has 3 nitrogen and oxygen atoms in total. The molecule has 2 N–H and O–H groups in total. The second kappa shape index (κ2) is 4.75. The molecular formula is C16H13BrClN3. The van der Waals surface area contributed by atoms with Gasteiger partial charge in [-0.1, -0.05) is 27.5 Å². The van der Waals surface area contributed by atoms with Crippen LogP contribution in [0.25, 0.3) is 22.4 Å². The van der Waals surface area contributed by atoms with Gasteiger partial charge in [-0.3, -0.25) is 0 Å². The van der Waals surface area contributed by atoms with E-state index in [0.29, 0.717) is 16.8 Å². The largest absolute Gasteiger partial charge is 0.399 e. The Balaban J connectivity index is 2.00. The highest BCUT2D eigenvalue weighted by Crippen LogP contribution is 2.42. The molecule has 0 saturated heterocycles. The third kappa shape index (κ3) is 2.32. The van der Waals surface area contributed by atoms with Crippen LogP contribution in [0, 0.1) is 0 Å². The van der Waals surface area contributed by atoms with Crippen molar-refractivity contribution in [2.24, 2.45) is 0 Å². The maximum Gasteiger partial charge on any atom is 0.141 e. The van der Waals surface area contributed by atoms with E-state index in [2.05, 4.69) is 32.6 Å². The number of hydrogen-bond donors (Lipinski definition) is 1. The molecule has 0 atom stereocenters. The topological polar surface area (TPSA) is 43.8 Å². The third-order valence-electron chi connectivity index (χ3n) is 3.74. The van der Waals surface area contributed by atoms with Crippen molar-refractivity contribution in [3.05, 3.63) is 45.9 Å². The van der Waals surface area contributed by atoms with Gasteiger partial charge in [0.2, 0.25) is 0 Å². The van der Waals surface area contributed by atoms with Crippen molar-refractivity contribution in [1.82, 2.24) is 9.55 Å². The Bertz CT molecular complexity index is 832. The van der Waals surface area contributed by atoms with E-state index < -0.39 is 0 Å². The monoisotopic (exact) mass is 361 g/mol. The minimum Gasteiger partial charge on any atom is -0.399 e. The Labute approximate surface area is 135 Å². The molecule has 1 heterocycles. The molecule has 0 radical (unpaired) electrons. The molecule has 0 unspecified atom stereocenters. The summed E-state index contributed by atoms with van der Waals surface area (Å²) >= 11 is 9.65. The van der Waals surface area contributed by atoms with Crippen LogP contribution >= 0.6 is 27.5 Å². The number of aromatic nitrogens is 2. The number of anilines is 1. The first-order valence-corrected chi connectivity index (χ1v) is 8.03. The lowest BCUT2D eigenvalue weighted by molar-refractivity contribution is 0.775. The number of imidazole rings is 1. The smallest absolute Gasteiger partial charge is 0.141 e. The molecule has 2 aromatic carbocycles. The lowest BCUT2D eigenvalue weighted by Crippen LogP contribution is -1.98. The number of nitrogens with zero attached hydrogens (tertiary/aromatic N) is 2. The summed E-state index contributed by atoms with van der Waals surface area (Å²) in [5.41, 5.74) is 9.71. The summed E-state index contributed by atoms with van der Waals surface area (Å²) < 4.78 is 3.35. The lowest BCUT2D eigenvalue weighted by atomic mass is 10.2. The summed E-state index contributed by atoms with van der Waals surface area (Å²) in [5, 5.41) is 0.639. The Morgan fingerprint density at radius 1 is 1.19 bits per heavy atom. The van der Waals surface area contributed by atoms with Crippen LogP contribution in [-0.4, -0.2) is 9.55 Å². The molecule has 1 aromatic heterocycles. The van der Waals surface area contributed by atoms with E-state index in [-0.39, 0.29) is 0 Å². The van der Waals surface area contributed by atoms with Gasteiger partial charge in [-0.25, -0.2) is 4.98 Å². The van der Waals surface area contributed by atoms with Crippen molar-refractivity contribution in [3.8, 4) is 11.4 Å². The van der Waals surface area contributed by atoms with Crippen molar-refractivity contribution < 1.29 is 0 Å². The lowest BCUT2D eigenvalue weighted by Gasteiger charge is -2.09. The highest BCUT2D eigenvalue weighted by molar-refractivity contribution is 9.10. The normalized spacial score (nSPS) is 14.8. The minimum absolute atomic E-state index is 0.534. The predicted octanol–water partition coefficient (Wildman–Crippen LogP) is 5.04. The fourth-order valence-corrected chi connectivity index (χ4v) is 3.31. The molecule has 1 saturated carbocycles. The van der Waals surface area contributed by atoms with Crippen LogP contribution in [0.5, 0.6) is 0 Å². The third-order valence-corrected chi connectivity index (χ3v) is 4.45. The van der Waals surface area contributed by atoms with Crippen molar-refractivity contribution in [2.75, 3.05) is 5.73 Å². The summed E-state index contributed by atoms with van der Waals surface area (Å²) in [4.78, 5) is 4.81. The van der Waals surface area contributed by atoms with Crippen molar-refractivity contribution in [2.45, 2.75) is 18.9 Å². The number of benzene rings is 2. The summed E-state index contributed by atoms with van der Waals surface area (Å²) in [7, 11) is 0. The van der Waals surface area contributed by atoms with Crippen molar-refractivity contribution in [1.29, 1.82) is 0 Å². The van der Waals surface area contributed by atoms with E-state index in [1.807, 2.05) is 18.2 Å². The first kappa shape index (κ1) is 13.2. The standard InChI is InChI=1S/C16H13BrClN3/c17-10-1-4-15-14(7-10)20-16(21(15)13-2-3-13)9-5-11(18)8-12(19)6-9/h1,4-8,13H,2-3,19H2. The van der Waals surface area contributed by atoms with Gasteiger partial charge in [0.05, 0.1) is 11.0 Å². The van der Waals surface area contributed by atoms with Crippen LogP contribution in [0.2, 0.25) is 5.02 Å². The average molecular weight is 363 g/mol. The highest BCUT2D eigenvalue weighted by atomic mass is 79.9. The van der Waals surface area contributed by atoms with Gasteiger partial charge in [0.1, 0.15) is 5.82 Å². The minimum atomic E-state index is 0.534. The maximum absolute atomic E-state index is 6.15. The van der Waals surface area contributed by atoms with E-state index >= 15 is 0 Å². The quantitative estimate of drug-likeness (QED) is 0.649. The number of hydrogen-bond acceptors (Lipinski definition) is 2. The molecule has 1 aliphatic rings. The Kier molecular flexibility index (Phi) is 2.98. The van der Waals surface area contributed by atoms with Crippen LogP contribution in [0.4, 0.5) is 5.69 Å². The first-order chi connectivity index (χ1) is 10.1. The van der Waals surface area contributed by atoms with Gasteiger partial charge >= 0.3 is 0 Å². The van der Waals surface area contributed by atoms with Crippen molar-refractivity contribution in [3.63, 3.8) is 0 Å². The molecule has 0 aliphatic heterocycles. The van der Waals surface area contributed by atoms with E-state index in [4.69, 9.17) is 22.3 Å². The molecule has 106 valence electrons. The number of nitrogens with two attached hydrogens (primary N) is 1. The SMILES string of the molecule is Nc1cc(Cl)cc(-c2nc3cc(Br)ccc3n2C2CC2)c1. The molecule has 4 rings (SSSR count). The Morgan fingerprint density at radius 3 is 2.71 bits per heavy atom. The van der Waals surface area contributed by atoms with Gasteiger partial charge in [-0.05, 0) is 49.2 Å². The Morgan fingerprint density at radius 2 is 2.00 bits per heavy atom. The van der Waals surface area contributed by atoms with E-state index in [0.717, 1.165) is 26.9 Å². The predicted molar refractivity (Wildman–Crippen MR) is 90.6 cm³/mol. The van der Waals surface area contributed by atoms with Gasteiger partial charge in [0.25, 0.3) is 0 Å². The summed E-state index contributed by atoms with van der Waals surface area (Å²) in [6.07, 6.45) is 2.40. The van der Waals surface area contributed by atoms with Crippen LogP contribution in [0.15, 0.2) is 40.9 Å². The molecular weight excluding hydrogens is 350 g/mol. The molecule has 0 spiro atoms. The van der Waals surface area contributed by atoms with E-state index in [1.165, 1.54) is 12.8 Å². The molecule has 0 amide bonds. The van der Waals surface area contributed by atoms with Crippen LogP contribution in [0.1, 0.15) is 18.9 Å². The summed E-state index contributed by atoms with van der Waals surface area (Å²) in [5.74, 6) is 0.944. The second-order valence-corrected chi connectivity index (χ2v) is 6.79. The zero-order valence-corrected chi connectivity index (χ0v) is 13.5. The number of rotatable bonds is 2. The van der Waals surface area contributed by atoms with Crippen molar-refractivity contribution >= 4 is 44.3 Å². The molecule has 5 heteroatoms. The number of nitrogen functional groups attached to an aromatic ring is 1. The number of fused-ring (bicyclic) bond motifs is 1. The zero-order chi connectivity index (χ0) is 14.6. The average Bonchev–Trinajstić information content (AvgIpc) is 3.18. The molecule has 1 fully saturated rings. The molecule has 3 aromatic rings. The van der Waals surface area contributed by atoms with Gasteiger partial charge in [-0.15, -0.1) is 0 Å². The maximum atomic E-state index is 6.15. The zero-order valence-electron chi connectivity index (χ0n) is 11.2. The van der Waals surface area contributed by atoms with Crippen LogP contribution in [0.3, 0.4) is 0 Å². The van der Waals surface area contributed by atoms with Gasteiger partial charge in [0.15, 0.2) is 0 Å². The fourth-order valence-electron chi connectivity index (χ4n) is 2.72. The molecule has 1 aliphatic carbocycles. The Hall–Kier alpha value is -1.52. The second-order valence-electron chi connectivity index (χ2n) is 5.44. The summed E-state index contributed by atoms with van der Waals surface area (Å²) in [6, 6.07) is 12.4. The molecule has 0 bridgehead atoms. The first-order valence-electron chi connectivity index (χ1n) is 6.86.